The molecule has 32 heavy (non-hydrogen) atoms. The van der Waals surface area contributed by atoms with E-state index < -0.39 is 23.5 Å². The predicted octanol–water partition coefficient (Wildman–Crippen LogP) is 5.64. The highest BCUT2D eigenvalue weighted by Crippen LogP contribution is 2.27. The molecule has 5 nitrogen and oxygen atoms in total. The Morgan fingerprint density at radius 1 is 1.06 bits per heavy atom. The van der Waals surface area contributed by atoms with Gasteiger partial charge in [0.15, 0.2) is 11.6 Å². The van der Waals surface area contributed by atoms with Crippen LogP contribution in [0.2, 0.25) is 0 Å². The number of nitrogens with one attached hydrogen (secondary N) is 1. The smallest absolute Gasteiger partial charge is 0.407 e. The van der Waals surface area contributed by atoms with E-state index in [2.05, 4.69) is 11.9 Å². The first-order chi connectivity index (χ1) is 15.4. The highest BCUT2D eigenvalue weighted by atomic mass is 19.2. The number of hydrogen-bond acceptors (Lipinski definition) is 3. The summed E-state index contributed by atoms with van der Waals surface area (Å²) in [5.74, 6) is -3.42. The number of nitrogens with zero attached hydrogens (tertiary/aromatic N) is 1. The van der Waals surface area contributed by atoms with Gasteiger partial charge in [0.1, 0.15) is 5.82 Å². The zero-order valence-corrected chi connectivity index (χ0v) is 18.6. The van der Waals surface area contributed by atoms with E-state index in [-0.39, 0.29) is 24.3 Å². The summed E-state index contributed by atoms with van der Waals surface area (Å²) < 4.78 is 46.5. The second-order valence-corrected chi connectivity index (χ2v) is 8.31. The van der Waals surface area contributed by atoms with Gasteiger partial charge in [0.25, 0.3) is 0 Å². The van der Waals surface area contributed by atoms with Gasteiger partial charge in [0.2, 0.25) is 0 Å². The lowest BCUT2D eigenvalue weighted by atomic mass is 9.91. The summed E-state index contributed by atoms with van der Waals surface area (Å²) in [5.41, 5.74) is -0.166. The van der Waals surface area contributed by atoms with Crippen LogP contribution in [0.3, 0.4) is 0 Å². The van der Waals surface area contributed by atoms with Gasteiger partial charge in [0, 0.05) is 24.3 Å². The van der Waals surface area contributed by atoms with E-state index in [9.17, 15) is 23.1 Å². The Bertz CT molecular complexity index is 725. The fraction of sp³-hybridized carbons (Fsp3) is 0.625. The summed E-state index contributed by atoms with van der Waals surface area (Å²) in [7, 11) is 0. The highest BCUT2D eigenvalue weighted by Gasteiger charge is 2.30. The number of carboxylic acid groups (broad SMARTS) is 1. The molecule has 2 N–H and O–H groups in total. The van der Waals surface area contributed by atoms with Crippen LogP contribution in [0.5, 0.6) is 0 Å². The third-order valence-corrected chi connectivity index (χ3v) is 5.89. The van der Waals surface area contributed by atoms with Crippen molar-refractivity contribution in [3.63, 3.8) is 0 Å². The molecule has 1 aliphatic carbocycles. The van der Waals surface area contributed by atoms with Gasteiger partial charge in [0.05, 0.1) is 12.6 Å². The SMILES string of the molecule is C=CCCNCCCCCCOC1CCC(N(Cc2cc(F)c(F)cc2F)C(=O)O)CC1. The van der Waals surface area contributed by atoms with Gasteiger partial charge < -0.3 is 20.1 Å². The predicted molar refractivity (Wildman–Crippen MR) is 118 cm³/mol. The highest BCUT2D eigenvalue weighted by molar-refractivity contribution is 5.65. The average Bonchev–Trinajstić information content (AvgIpc) is 2.77. The maximum Gasteiger partial charge on any atom is 0.407 e. The molecule has 0 spiro atoms. The lowest BCUT2D eigenvalue weighted by Crippen LogP contribution is -2.42. The summed E-state index contributed by atoms with van der Waals surface area (Å²) in [4.78, 5) is 12.8. The van der Waals surface area contributed by atoms with E-state index in [0.717, 1.165) is 69.0 Å². The van der Waals surface area contributed by atoms with E-state index in [1.807, 2.05) is 6.08 Å². The molecule has 1 amide bonds. The Hall–Kier alpha value is -2.06. The average molecular weight is 457 g/mol. The first-order valence-electron chi connectivity index (χ1n) is 11.5. The van der Waals surface area contributed by atoms with E-state index in [1.54, 1.807) is 0 Å². The van der Waals surface area contributed by atoms with Crippen molar-refractivity contribution >= 4 is 6.09 Å². The number of halogens is 3. The second kappa shape index (κ2) is 14.2. The Morgan fingerprint density at radius 2 is 1.75 bits per heavy atom. The molecular weight excluding hydrogens is 421 g/mol. The maximum atomic E-state index is 14.0. The van der Waals surface area contributed by atoms with Gasteiger partial charge in [-0.1, -0.05) is 18.9 Å². The standard InChI is InChI=1S/C24H35F3N2O3/c1-2-3-12-28-13-6-4-5-7-14-32-20-10-8-19(9-11-20)29(24(30)31)17-18-15-22(26)23(27)16-21(18)25/h2,15-16,19-20,28H,1,3-14,17H2,(H,30,31). The Morgan fingerprint density at radius 3 is 2.44 bits per heavy atom. The number of benzene rings is 1. The Kier molecular flexibility index (Phi) is 11.6. The number of amides is 1. The zero-order chi connectivity index (χ0) is 23.3. The number of carbonyl (C=O) groups is 1. The van der Waals surface area contributed by atoms with Crippen molar-refractivity contribution in [2.24, 2.45) is 0 Å². The minimum absolute atomic E-state index is 0.0995. The van der Waals surface area contributed by atoms with Gasteiger partial charge in [-0.3, -0.25) is 0 Å². The lowest BCUT2D eigenvalue weighted by molar-refractivity contribution is 0.00589. The quantitative estimate of drug-likeness (QED) is 0.216. The van der Waals surface area contributed by atoms with Gasteiger partial charge in [-0.2, -0.15) is 0 Å². The molecule has 8 heteroatoms. The molecule has 0 aromatic heterocycles. The Balaban J connectivity index is 1.66. The minimum Gasteiger partial charge on any atom is -0.465 e. The summed E-state index contributed by atoms with van der Waals surface area (Å²) >= 11 is 0. The van der Waals surface area contributed by atoms with Crippen molar-refractivity contribution in [3.05, 3.63) is 47.8 Å². The molecule has 0 radical (unpaired) electrons. The molecule has 0 unspecified atom stereocenters. The van der Waals surface area contributed by atoms with Crippen molar-refractivity contribution in [2.45, 2.75) is 76.5 Å². The molecule has 1 fully saturated rings. The summed E-state index contributed by atoms with van der Waals surface area (Å²) in [6, 6.07) is 0.884. The molecule has 180 valence electrons. The van der Waals surface area contributed by atoms with Crippen LogP contribution in [0.1, 0.15) is 63.4 Å². The normalized spacial score (nSPS) is 18.5. The topological polar surface area (TPSA) is 61.8 Å². The van der Waals surface area contributed by atoms with Crippen molar-refractivity contribution in [1.29, 1.82) is 0 Å². The first kappa shape index (κ1) is 26.2. The van der Waals surface area contributed by atoms with E-state index in [1.165, 1.54) is 0 Å². The van der Waals surface area contributed by atoms with Gasteiger partial charge in [-0.05, 0) is 64.1 Å². The number of unbranched alkanes of at least 4 members (excludes halogenated alkanes) is 3. The number of rotatable bonds is 14. The molecule has 0 aliphatic heterocycles. The molecule has 1 aromatic rings. The molecule has 0 heterocycles. The van der Waals surface area contributed by atoms with Crippen molar-refractivity contribution in [2.75, 3.05) is 19.7 Å². The molecule has 0 atom stereocenters. The van der Waals surface area contributed by atoms with Crippen LogP contribution in [-0.2, 0) is 11.3 Å². The number of hydrogen-bond donors (Lipinski definition) is 2. The van der Waals surface area contributed by atoms with Crippen molar-refractivity contribution in [1.82, 2.24) is 10.2 Å². The molecule has 1 aliphatic rings. The van der Waals surface area contributed by atoms with Gasteiger partial charge in [-0.15, -0.1) is 6.58 Å². The third kappa shape index (κ3) is 8.82. The molecular formula is C24H35F3N2O3. The third-order valence-electron chi connectivity index (χ3n) is 5.89. The summed E-state index contributed by atoms with van der Waals surface area (Å²) in [5, 5.41) is 12.9. The van der Waals surface area contributed by atoms with E-state index in [0.29, 0.717) is 25.5 Å². The van der Waals surface area contributed by atoms with Gasteiger partial charge in [-0.25, -0.2) is 18.0 Å². The summed E-state index contributed by atoms with van der Waals surface area (Å²) in [6.07, 6.45) is 8.86. The monoisotopic (exact) mass is 456 g/mol. The van der Waals surface area contributed by atoms with Crippen LogP contribution in [0.25, 0.3) is 0 Å². The maximum absolute atomic E-state index is 14.0. The van der Waals surface area contributed by atoms with Crippen LogP contribution < -0.4 is 5.32 Å². The molecule has 1 saturated carbocycles. The van der Waals surface area contributed by atoms with Crippen LogP contribution in [0.4, 0.5) is 18.0 Å². The van der Waals surface area contributed by atoms with Crippen LogP contribution >= 0.6 is 0 Å². The van der Waals surface area contributed by atoms with E-state index in [4.69, 9.17) is 4.74 Å². The molecule has 1 aromatic carbocycles. The van der Waals surface area contributed by atoms with E-state index >= 15 is 0 Å². The zero-order valence-electron chi connectivity index (χ0n) is 18.6. The fourth-order valence-electron chi connectivity index (χ4n) is 4.03. The fourth-order valence-corrected chi connectivity index (χ4v) is 4.03. The van der Waals surface area contributed by atoms with Gasteiger partial charge >= 0.3 is 6.09 Å². The summed E-state index contributed by atoms with van der Waals surface area (Å²) in [6.45, 7) is 6.08. The Labute approximate surface area is 188 Å². The second-order valence-electron chi connectivity index (χ2n) is 8.31. The lowest BCUT2D eigenvalue weighted by Gasteiger charge is -2.35. The molecule has 2 rings (SSSR count). The molecule has 0 bridgehead atoms. The largest absolute Gasteiger partial charge is 0.465 e. The minimum atomic E-state index is -1.29. The van der Waals surface area contributed by atoms with Crippen molar-refractivity contribution in [3.8, 4) is 0 Å². The first-order valence-corrected chi connectivity index (χ1v) is 11.5. The van der Waals surface area contributed by atoms with Crippen LogP contribution in [0.15, 0.2) is 24.8 Å². The van der Waals surface area contributed by atoms with Crippen molar-refractivity contribution < 1.29 is 27.8 Å². The molecule has 0 saturated heterocycles. The van der Waals surface area contributed by atoms with Crippen LogP contribution in [0, 0.1) is 17.5 Å². The number of ether oxygens (including phenoxy) is 1. The van der Waals surface area contributed by atoms with Crippen LogP contribution in [-0.4, -0.2) is 47.9 Å².